The Hall–Kier alpha value is -2.69. The van der Waals surface area contributed by atoms with Crippen molar-refractivity contribution < 1.29 is 9.50 Å². The number of phenols is 1. The van der Waals surface area contributed by atoms with Gasteiger partial charge in [0.15, 0.2) is 5.82 Å². The minimum absolute atomic E-state index is 0.0611. The zero-order valence-electron chi connectivity index (χ0n) is 16.6. The number of hydrogen-bond acceptors (Lipinski definition) is 4. The molecule has 0 spiro atoms. The van der Waals surface area contributed by atoms with Gasteiger partial charge in [-0.2, -0.15) is 0 Å². The number of piperidine rings is 1. The van der Waals surface area contributed by atoms with Crippen LogP contribution in [-0.2, 0) is 0 Å². The highest BCUT2D eigenvalue weighted by Crippen LogP contribution is 2.35. The number of benzene rings is 2. The van der Waals surface area contributed by atoms with Gasteiger partial charge >= 0.3 is 0 Å². The summed E-state index contributed by atoms with van der Waals surface area (Å²) in [5.74, 6) is 1.47. The van der Waals surface area contributed by atoms with Crippen molar-refractivity contribution in [3.8, 4) is 17.1 Å². The fraction of sp³-hybridized carbons (Fsp3) is 0.391. The highest BCUT2D eigenvalue weighted by Gasteiger charge is 2.22. The van der Waals surface area contributed by atoms with Gasteiger partial charge in [0.2, 0.25) is 0 Å². The van der Waals surface area contributed by atoms with Crippen LogP contribution in [0.2, 0.25) is 0 Å². The molecule has 5 heteroatoms. The predicted molar refractivity (Wildman–Crippen MR) is 111 cm³/mol. The second-order valence-corrected chi connectivity index (χ2v) is 8.11. The first-order chi connectivity index (χ1) is 13.4. The van der Waals surface area contributed by atoms with E-state index in [2.05, 4.69) is 48.9 Å². The van der Waals surface area contributed by atoms with Crippen molar-refractivity contribution in [1.29, 1.82) is 0 Å². The number of phenolic OH excluding ortho intramolecular Hbond substituents is 1. The van der Waals surface area contributed by atoms with E-state index in [0.717, 1.165) is 42.7 Å². The largest absolute Gasteiger partial charge is 0.507 e. The minimum atomic E-state index is -0.516. The molecule has 2 aromatic carbocycles. The van der Waals surface area contributed by atoms with Crippen LogP contribution >= 0.6 is 0 Å². The summed E-state index contributed by atoms with van der Waals surface area (Å²) < 4.78 is 14.5. The van der Waals surface area contributed by atoms with E-state index < -0.39 is 5.82 Å². The van der Waals surface area contributed by atoms with E-state index in [1.54, 1.807) is 0 Å². The van der Waals surface area contributed by atoms with Crippen LogP contribution in [0.3, 0.4) is 0 Å². The maximum atomic E-state index is 14.5. The molecule has 1 saturated heterocycles. The molecular formula is C23H26FN3O. The fourth-order valence-electron chi connectivity index (χ4n) is 3.80. The number of rotatable bonds is 3. The van der Waals surface area contributed by atoms with E-state index >= 15 is 0 Å². The van der Waals surface area contributed by atoms with Crippen LogP contribution in [0, 0.1) is 11.7 Å². The smallest absolute Gasteiger partial charge is 0.168 e. The number of nitrogens with zero attached hydrogens (tertiary/aromatic N) is 3. The molecule has 0 radical (unpaired) electrons. The molecule has 0 unspecified atom stereocenters. The number of aromatic hydroxyl groups is 1. The minimum Gasteiger partial charge on any atom is -0.507 e. The van der Waals surface area contributed by atoms with Gasteiger partial charge in [0.1, 0.15) is 17.4 Å². The fourth-order valence-corrected chi connectivity index (χ4v) is 3.80. The van der Waals surface area contributed by atoms with Crippen LogP contribution in [0.4, 0.5) is 10.2 Å². The molecule has 1 N–H and O–H groups in total. The van der Waals surface area contributed by atoms with Gasteiger partial charge in [0.05, 0.1) is 11.1 Å². The van der Waals surface area contributed by atoms with Crippen molar-refractivity contribution in [1.82, 2.24) is 9.97 Å². The van der Waals surface area contributed by atoms with E-state index in [4.69, 9.17) is 4.98 Å². The monoisotopic (exact) mass is 379 g/mol. The van der Waals surface area contributed by atoms with Crippen molar-refractivity contribution in [2.45, 2.75) is 39.5 Å². The Bertz CT molecular complexity index is 990. The number of hydrogen-bond donors (Lipinski definition) is 1. The summed E-state index contributed by atoms with van der Waals surface area (Å²) in [7, 11) is 0. The van der Waals surface area contributed by atoms with E-state index in [-0.39, 0.29) is 17.1 Å². The molecule has 1 aliphatic rings. The van der Waals surface area contributed by atoms with Crippen molar-refractivity contribution in [3.05, 3.63) is 47.8 Å². The second kappa shape index (κ2) is 7.38. The predicted octanol–water partition coefficient (Wildman–Crippen LogP) is 5.50. The molecular weight excluding hydrogens is 353 g/mol. The molecule has 146 valence electrons. The van der Waals surface area contributed by atoms with E-state index in [1.165, 1.54) is 23.8 Å². The average molecular weight is 379 g/mol. The molecule has 2 heterocycles. The van der Waals surface area contributed by atoms with E-state index in [9.17, 15) is 9.50 Å². The first-order valence-electron chi connectivity index (χ1n) is 9.98. The topological polar surface area (TPSA) is 49.2 Å². The second-order valence-electron chi connectivity index (χ2n) is 8.11. The third-order valence-corrected chi connectivity index (χ3v) is 5.67. The maximum Gasteiger partial charge on any atom is 0.168 e. The first-order valence-corrected chi connectivity index (χ1v) is 9.98. The van der Waals surface area contributed by atoms with Crippen LogP contribution in [0.15, 0.2) is 36.4 Å². The number of fused-ring (bicyclic) bond motifs is 1. The van der Waals surface area contributed by atoms with Crippen molar-refractivity contribution >= 4 is 16.7 Å². The van der Waals surface area contributed by atoms with Crippen LogP contribution < -0.4 is 4.90 Å². The lowest BCUT2D eigenvalue weighted by atomic mass is 9.98. The lowest BCUT2D eigenvalue weighted by Gasteiger charge is -2.32. The SMILES string of the molecule is CC1CCN(c2nc(-c3c(O)cccc3F)nc3cc(C(C)C)ccc23)CC1. The summed E-state index contributed by atoms with van der Waals surface area (Å²) in [5, 5.41) is 11.2. The first kappa shape index (κ1) is 18.7. The normalized spacial score (nSPS) is 15.5. The molecule has 28 heavy (non-hydrogen) atoms. The molecule has 4 rings (SSSR count). The lowest BCUT2D eigenvalue weighted by molar-refractivity contribution is 0.437. The molecule has 1 aliphatic heterocycles. The Balaban J connectivity index is 1.93. The highest BCUT2D eigenvalue weighted by atomic mass is 19.1. The Kier molecular flexibility index (Phi) is 4.92. The van der Waals surface area contributed by atoms with Gasteiger partial charge in [0, 0.05) is 18.5 Å². The van der Waals surface area contributed by atoms with Crippen LogP contribution in [-0.4, -0.2) is 28.2 Å². The van der Waals surface area contributed by atoms with E-state index in [0.29, 0.717) is 11.8 Å². The molecule has 0 atom stereocenters. The van der Waals surface area contributed by atoms with Crippen LogP contribution in [0.5, 0.6) is 5.75 Å². The van der Waals surface area contributed by atoms with Gasteiger partial charge in [0.25, 0.3) is 0 Å². The number of halogens is 1. The molecule has 0 saturated carbocycles. The van der Waals surface area contributed by atoms with Gasteiger partial charge < -0.3 is 10.0 Å². The zero-order chi connectivity index (χ0) is 19.8. The summed E-state index contributed by atoms with van der Waals surface area (Å²) in [5.41, 5.74) is 2.02. The molecule has 0 aliphatic carbocycles. The highest BCUT2D eigenvalue weighted by molar-refractivity contribution is 5.92. The van der Waals surface area contributed by atoms with E-state index in [1.807, 2.05) is 0 Å². The van der Waals surface area contributed by atoms with Gasteiger partial charge in [-0.25, -0.2) is 14.4 Å². The number of anilines is 1. The van der Waals surface area contributed by atoms with Crippen LogP contribution in [0.1, 0.15) is 45.1 Å². The average Bonchev–Trinajstić information content (AvgIpc) is 2.67. The molecule has 4 nitrogen and oxygen atoms in total. The van der Waals surface area contributed by atoms with Crippen LogP contribution in [0.25, 0.3) is 22.3 Å². The standard InChI is InChI=1S/C23H26FN3O/c1-14(2)16-7-8-17-19(13-16)25-22(21-18(24)5-4-6-20(21)28)26-23(17)27-11-9-15(3)10-12-27/h4-8,13-15,28H,9-12H2,1-3H3. The zero-order valence-corrected chi connectivity index (χ0v) is 16.6. The lowest BCUT2D eigenvalue weighted by Crippen LogP contribution is -2.33. The summed E-state index contributed by atoms with van der Waals surface area (Å²) >= 11 is 0. The molecule has 1 aromatic heterocycles. The summed E-state index contributed by atoms with van der Waals surface area (Å²) in [4.78, 5) is 11.6. The Morgan fingerprint density at radius 2 is 1.86 bits per heavy atom. The van der Waals surface area contributed by atoms with Gasteiger partial charge in [-0.05, 0) is 54.5 Å². The summed E-state index contributed by atoms with van der Waals surface area (Å²) in [6.07, 6.45) is 2.21. The molecule has 3 aromatic rings. The summed E-state index contributed by atoms with van der Waals surface area (Å²) in [6.45, 7) is 8.38. The third-order valence-electron chi connectivity index (χ3n) is 5.67. The van der Waals surface area contributed by atoms with Crippen molar-refractivity contribution in [2.75, 3.05) is 18.0 Å². The Labute approximate surface area is 165 Å². The third kappa shape index (κ3) is 3.41. The molecule has 1 fully saturated rings. The van der Waals surface area contributed by atoms with Gasteiger partial charge in [-0.1, -0.05) is 32.9 Å². The summed E-state index contributed by atoms with van der Waals surface area (Å²) in [6, 6.07) is 10.5. The van der Waals surface area contributed by atoms with Crippen molar-refractivity contribution in [3.63, 3.8) is 0 Å². The van der Waals surface area contributed by atoms with Gasteiger partial charge in [-0.3, -0.25) is 0 Å². The van der Waals surface area contributed by atoms with Gasteiger partial charge in [-0.15, -0.1) is 0 Å². The molecule has 0 bridgehead atoms. The Morgan fingerprint density at radius 3 is 2.54 bits per heavy atom. The number of aromatic nitrogens is 2. The van der Waals surface area contributed by atoms with Crippen molar-refractivity contribution in [2.24, 2.45) is 5.92 Å². The molecule has 0 amide bonds. The quantitative estimate of drug-likeness (QED) is 0.653. The maximum absolute atomic E-state index is 14.5. The Morgan fingerprint density at radius 1 is 1.11 bits per heavy atom.